The zero-order valence-corrected chi connectivity index (χ0v) is 18.2. The number of halogens is 2. The van der Waals surface area contributed by atoms with Gasteiger partial charge in [0.1, 0.15) is 17.1 Å². The summed E-state index contributed by atoms with van der Waals surface area (Å²) in [5, 5.41) is 0.398. The molecular formula is C23H22ClFN4O2. The van der Waals surface area contributed by atoms with E-state index in [4.69, 9.17) is 16.3 Å². The number of carbonyl (C=O) groups is 1. The van der Waals surface area contributed by atoms with E-state index >= 15 is 0 Å². The van der Waals surface area contributed by atoms with E-state index in [0.717, 1.165) is 11.3 Å². The molecule has 160 valence electrons. The summed E-state index contributed by atoms with van der Waals surface area (Å²) < 4.78 is 22.1. The minimum absolute atomic E-state index is 0.179. The summed E-state index contributed by atoms with van der Waals surface area (Å²) in [5.41, 5.74) is 2.59. The predicted molar refractivity (Wildman–Crippen MR) is 116 cm³/mol. The Hall–Kier alpha value is -3.19. The molecule has 0 spiro atoms. The number of imidazole rings is 1. The predicted octanol–water partition coefficient (Wildman–Crippen LogP) is 4.72. The summed E-state index contributed by atoms with van der Waals surface area (Å²) in [4.78, 5) is 23.1. The quantitative estimate of drug-likeness (QED) is 0.435. The van der Waals surface area contributed by atoms with Gasteiger partial charge in [-0.1, -0.05) is 23.7 Å². The van der Waals surface area contributed by atoms with Crippen LogP contribution in [0.2, 0.25) is 5.15 Å². The highest BCUT2D eigenvalue weighted by Gasteiger charge is 2.33. The minimum atomic E-state index is -0.416. The third-order valence-corrected chi connectivity index (χ3v) is 5.44. The maximum absolute atomic E-state index is 14.7. The van der Waals surface area contributed by atoms with Gasteiger partial charge in [0.2, 0.25) is 0 Å². The van der Waals surface area contributed by atoms with Gasteiger partial charge in [0, 0.05) is 12.4 Å². The van der Waals surface area contributed by atoms with Crippen molar-refractivity contribution >= 4 is 23.6 Å². The fourth-order valence-corrected chi connectivity index (χ4v) is 3.69. The highest BCUT2D eigenvalue weighted by molar-refractivity contribution is 6.29. The van der Waals surface area contributed by atoms with Gasteiger partial charge < -0.3 is 14.2 Å². The molecule has 1 aromatic carbocycles. The molecule has 1 saturated heterocycles. The van der Waals surface area contributed by atoms with Gasteiger partial charge in [-0.25, -0.2) is 14.4 Å². The standard InChI is InChI=1S/C23H22ClFN4O2/c1-14-11-28(13-27-14)20-6-4-17(8-19(20)25)9-21-23(30)29(12-15(2)31-21)16(3)18-5-7-22(24)26-10-18/h4-11,13,15-16H,12H2,1-3H3/t15?,16-/m0/s1. The molecular weight excluding hydrogens is 419 g/mol. The second-order valence-corrected chi connectivity index (χ2v) is 8.01. The SMILES string of the molecule is Cc1cn(-c2ccc(C=C3OC(C)CN([C@@H](C)c4ccc(Cl)nc4)C3=O)cc2F)cn1. The van der Waals surface area contributed by atoms with Crippen LogP contribution in [0.4, 0.5) is 4.39 Å². The first-order valence-corrected chi connectivity index (χ1v) is 10.3. The Bertz CT molecular complexity index is 1140. The number of pyridine rings is 1. The Morgan fingerprint density at radius 1 is 1.29 bits per heavy atom. The number of ether oxygens (including phenoxy) is 1. The van der Waals surface area contributed by atoms with Crippen LogP contribution < -0.4 is 0 Å². The maximum atomic E-state index is 14.7. The van der Waals surface area contributed by atoms with Gasteiger partial charge in [0.15, 0.2) is 5.76 Å². The first-order chi connectivity index (χ1) is 14.8. The van der Waals surface area contributed by atoms with Crippen molar-refractivity contribution in [2.45, 2.75) is 32.9 Å². The molecule has 2 atom stereocenters. The van der Waals surface area contributed by atoms with E-state index in [1.807, 2.05) is 26.8 Å². The molecule has 2 aromatic heterocycles. The number of aromatic nitrogens is 3. The Labute approximate surface area is 184 Å². The highest BCUT2D eigenvalue weighted by atomic mass is 35.5. The molecule has 0 saturated carbocycles. The second-order valence-electron chi connectivity index (χ2n) is 7.62. The number of benzene rings is 1. The van der Waals surface area contributed by atoms with Crippen molar-refractivity contribution < 1.29 is 13.9 Å². The lowest BCUT2D eigenvalue weighted by atomic mass is 10.1. The fourth-order valence-electron chi connectivity index (χ4n) is 3.58. The molecule has 0 aliphatic carbocycles. The third kappa shape index (κ3) is 4.46. The molecule has 0 N–H and O–H groups in total. The Balaban J connectivity index is 1.60. The molecule has 31 heavy (non-hydrogen) atoms. The van der Waals surface area contributed by atoms with E-state index < -0.39 is 5.82 Å². The molecule has 8 heteroatoms. The maximum Gasteiger partial charge on any atom is 0.289 e. The van der Waals surface area contributed by atoms with Crippen LogP contribution >= 0.6 is 11.6 Å². The molecule has 3 heterocycles. The number of morpholine rings is 1. The summed E-state index contributed by atoms with van der Waals surface area (Å²) in [6.45, 7) is 6.10. The van der Waals surface area contributed by atoms with E-state index in [0.29, 0.717) is 22.9 Å². The van der Waals surface area contributed by atoms with Gasteiger partial charge >= 0.3 is 0 Å². The van der Waals surface area contributed by atoms with Crippen LogP contribution in [0.1, 0.15) is 36.7 Å². The summed E-state index contributed by atoms with van der Waals surface area (Å²) in [7, 11) is 0. The van der Waals surface area contributed by atoms with Gasteiger partial charge in [-0.15, -0.1) is 0 Å². The zero-order chi connectivity index (χ0) is 22.1. The lowest BCUT2D eigenvalue weighted by molar-refractivity contribution is -0.141. The Kier molecular flexibility index (Phi) is 5.78. The number of amides is 1. The molecule has 6 nitrogen and oxygen atoms in total. The summed E-state index contributed by atoms with van der Waals surface area (Å²) in [5.74, 6) is -0.492. The van der Waals surface area contributed by atoms with Crippen molar-refractivity contribution in [2.24, 2.45) is 0 Å². The molecule has 1 amide bonds. The fraction of sp³-hybridized carbons (Fsp3) is 0.261. The second kappa shape index (κ2) is 8.51. The van der Waals surface area contributed by atoms with E-state index in [9.17, 15) is 9.18 Å². The van der Waals surface area contributed by atoms with Crippen molar-refractivity contribution in [1.82, 2.24) is 19.4 Å². The van der Waals surface area contributed by atoms with Gasteiger partial charge in [0.05, 0.1) is 30.3 Å². The topological polar surface area (TPSA) is 60.2 Å². The monoisotopic (exact) mass is 440 g/mol. The molecule has 1 aliphatic rings. The normalized spacial score (nSPS) is 18.9. The van der Waals surface area contributed by atoms with Gasteiger partial charge in [-0.3, -0.25) is 4.79 Å². The minimum Gasteiger partial charge on any atom is -0.483 e. The lowest BCUT2D eigenvalue weighted by Gasteiger charge is -2.37. The Morgan fingerprint density at radius 2 is 2.10 bits per heavy atom. The van der Waals surface area contributed by atoms with E-state index in [2.05, 4.69) is 9.97 Å². The van der Waals surface area contributed by atoms with Crippen molar-refractivity contribution in [3.8, 4) is 5.69 Å². The van der Waals surface area contributed by atoms with Crippen LogP contribution in [-0.2, 0) is 9.53 Å². The molecule has 3 aromatic rings. The molecule has 1 fully saturated rings. The van der Waals surface area contributed by atoms with Crippen molar-refractivity contribution in [1.29, 1.82) is 0 Å². The summed E-state index contributed by atoms with van der Waals surface area (Å²) in [6, 6.07) is 8.11. The number of hydrogen-bond acceptors (Lipinski definition) is 4. The van der Waals surface area contributed by atoms with Crippen molar-refractivity contribution in [3.05, 3.63) is 82.6 Å². The molecule has 1 aliphatic heterocycles. The van der Waals surface area contributed by atoms with Crippen molar-refractivity contribution in [3.63, 3.8) is 0 Å². The molecule has 4 rings (SSSR count). The average Bonchev–Trinajstić information content (AvgIpc) is 3.16. The largest absolute Gasteiger partial charge is 0.483 e. The first kappa shape index (κ1) is 21.1. The van der Waals surface area contributed by atoms with Crippen LogP contribution in [0.5, 0.6) is 0 Å². The van der Waals surface area contributed by atoms with Crippen molar-refractivity contribution in [2.75, 3.05) is 6.54 Å². The van der Waals surface area contributed by atoms with E-state index in [-0.39, 0.29) is 23.8 Å². The number of carbonyl (C=O) groups excluding carboxylic acids is 1. The zero-order valence-electron chi connectivity index (χ0n) is 17.4. The van der Waals surface area contributed by atoms with Gasteiger partial charge in [-0.2, -0.15) is 0 Å². The third-order valence-electron chi connectivity index (χ3n) is 5.21. The number of rotatable bonds is 4. The van der Waals surface area contributed by atoms with Crippen LogP contribution in [0.3, 0.4) is 0 Å². The Morgan fingerprint density at radius 3 is 2.74 bits per heavy atom. The van der Waals surface area contributed by atoms with Crippen LogP contribution in [0.25, 0.3) is 11.8 Å². The lowest BCUT2D eigenvalue weighted by Crippen LogP contribution is -2.45. The molecule has 0 bridgehead atoms. The van der Waals surface area contributed by atoms with E-state index in [1.165, 1.54) is 6.07 Å². The van der Waals surface area contributed by atoms with Gasteiger partial charge in [0.25, 0.3) is 5.91 Å². The molecule has 1 unspecified atom stereocenters. The van der Waals surface area contributed by atoms with Crippen LogP contribution in [0, 0.1) is 12.7 Å². The summed E-state index contributed by atoms with van der Waals surface area (Å²) in [6.07, 6.45) is 6.34. The van der Waals surface area contributed by atoms with Crippen LogP contribution in [0.15, 0.2) is 54.8 Å². The summed E-state index contributed by atoms with van der Waals surface area (Å²) >= 11 is 5.88. The highest BCUT2D eigenvalue weighted by Crippen LogP contribution is 2.28. The number of aryl methyl sites for hydroxylation is 1. The van der Waals surface area contributed by atoms with E-state index in [1.54, 1.807) is 52.5 Å². The number of hydrogen-bond donors (Lipinski definition) is 0. The smallest absolute Gasteiger partial charge is 0.289 e. The average molecular weight is 441 g/mol. The van der Waals surface area contributed by atoms with Gasteiger partial charge in [-0.05, 0) is 56.2 Å². The first-order valence-electron chi connectivity index (χ1n) is 9.93. The van der Waals surface area contributed by atoms with Crippen LogP contribution in [-0.4, -0.2) is 38.0 Å². The molecule has 0 radical (unpaired) electrons. The number of nitrogens with zero attached hydrogens (tertiary/aromatic N) is 4.